The topological polar surface area (TPSA) is 66.3 Å². The second-order valence-electron chi connectivity index (χ2n) is 8.67. The molecule has 2 aliphatic heterocycles. The molecular formula is C26H26N6O. The van der Waals surface area contributed by atoms with Crippen LogP contribution in [0.5, 0.6) is 0 Å². The van der Waals surface area contributed by atoms with Crippen LogP contribution in [0.3, 0.4) is 0 Å². The monoisotopic (exact) mass is 438 g/mol. The summed E-state index contributed by atoms with van der Waals surface area (Å²) < 4.78 is 1.83. The standard InChI is InChI=1S/C26H26N6O/c1-18-23(17-29-32(18)21-5-3-2-4-6-21)26(33)31-12-8-20-15-19-7-9-28-25(22(19)16-24(20)31)30-13-10-27-11-14-30/h2-7,9,15-17,27H,8,10-14H2,1H3. The number of rotatable bonds is 3. The van der Waals surface area contributed by atoms with Crippen LogP contribution >= 0.6 is 0 Å². The number of amides is 1. The minimum atomic E-state index is 0.000365. The van der Waals surface area contributed by atoms with Crippen LogP contribution in [0.25, 0.3) is 16.5 Å². The fraction of sp³-hybridized carbons (Fsp3) is 0.269. The molecule has 1 N–H and O–H groups in total. The van der Waals surface area contributed by atoms with Crippen LogP contribution < -0.4 is 15.1 Å². The first-order valence-corrected chi connectivity index (χ1v) is 11.5. The van der Waals surface area contributed by atoms with E-state index in [-0.39, 0.29) is 5.91 Å². The Morgan fingerprint density at radius 3 is 2.67 bits per heavy atom. The van der Waals surface area contributed by atoms with E-state index in [0.29, 0.717) is 12.1 Å². The van der Waals surface area contributed by atoms with Gasteiger partial charge in [0.15, 0.2) is 0 Å². The summed E-state index contributed by atoms with van der Waals surface area (Å²) in [6.07, 6.45) is 4.44. The molecule has 6 rings (SSSR count). The lowest BCUT2D eigenvalue weighted by molar-refractivity contribution is 0.0989. The molecule has 7 heteroatoms. The molecule has 0 aliphatic carbocycles. The predicted molar refractivity (Wildman–Crippen MR) is 131 cm³/mol. The largest absolute Gasteiger partial charge is 0.354 e. The third-order valence-corrected chi connectivity index (χ3v) is 6.74. The third-order valence-electron chi connectivity index (χ3n) is 6.74. The number of carbonyl (C=O) groups excluding carboxylic acids is 1. The smallest absolute Gasteiger partial charge is 0.261 e. The number of nitrogens with zero attached hydrogens (tertiary/aromatic N) is 5. The van der Waals surface area contributed by atoms with Gasteiger partial charge in [-0.25, -0.2) is 9.67 Å². The molecule has 0 unspecified atom stereocenters. The van der Waals surface area contributed by atoms with E-state index in [4.69, 9.17) is 4.98 Å². The molecule has 1 fully saturated rings. The van der Waals surface area contributed by atoms with Crippen molar-refractivity contribution in [1.29, 1.82) is 0 Å². The lowest BCUT2D eigenvalue weighted by Crippen LogP contribution is -2.44. The predicted octanol–water partition coefficient (Wildman–Crippen LogP) is 3.34. The summed E-state index contributed by atoms with van der Waals surface area (Å²) in [5, 5.41) is 10.2. The molecule has 4 aromatic rings. The average Bonchev–Trinajstić information content (AvgIpc) is 3.46. The number of pyridine rings is 1. The minimum Gasteiger partial charge on any atom is -0.354 e. The second kappa shape index (κ2) is 8.01. The van der Waals surface area contributed by atoms with Crippen LogP contribution in [0.15, 0.2) is 60.9 Å². The van der Waals surface area contributed by atoms with E-state index >= 15 is 0 Å². The number of carbonyl (C=O) groups is 1. The van der Waals surface area contributed by atoms with Gasteiger partial charge < -0.3 is 15.1 Å². The van der Waals surface area contributed by atoms with Crippen LogP contribution in [-0.2, 0) is 6.42 Å². The number of hydrogen-bond donors (Lipinski definition) is 1. The van der Waals surface area contributed by atoms with E-state index in [2.05, 4.69) is 33.5 Å². The molecule has 0 atom stereocenters. The van der Waals surface area contributed by atoms with Gasteiger partial charge in [0.2, 0.25) is 0 Å². The Balaban J connectivity index is 1.38. The van der Waals surface area contributed by atoms with Gasteiger partial charge in [0.05, 0.1) is 23.1 Å². The highest BCUT2D eigenvalue weighted by atomic mass is 16.2. The number of fused-ring (bicyclic) bond motifs is 2. The fourth-order valence-corrected chi connectivity index (χ4v) is 4.98. The van der Waals surface area contributed by atoms with Crippen molar-refractivity contribution in [2.75, 3.05) is 42.5 Å². The van der Waals surface area contributed by atoms with Gasteiger partial charge in [-0.1, -0.05) is 18.2 Å². The van der Waals surface area contributed by atoms with E-state index in [9.17, 15) is 4.79 Å². The zero-order chi connectivity index (χ0) is 22.4. The molecule has 2 aromatic carbocycles. The van der Waals surface area contributed by atoms with Gasteiger partial charge in [0.1, 0.15) is 5.82 Å². The summed E-state index contributed by atoms with van der Waals surface area (Å²) in [4.78, 5) is 22.6. The van der Waals surface area contributed by atoms with Gasteiger partial charge in [-0.3, -0.25) is 4.79 Å². The molecule has 4 heterocycles. The molecule has 0 saturated carbocycles. The van der Waals surface area contributed by atoms with Crippen molar-refractivity contribution in [3.05, 3.63) is 77.7 Å². The van der Waals surface area contributed by atoms with Gasteiger partial charge in [-0.2, -0.15) is 5.10 Å². The van der Waals surface area contributed by atoms with Gasteiger partial charge in [-0.05, 0) is 54.6 Å². The van der Waals surface area contributed by atoms with E-state index in [1.54, 1.807) is 6.20 Å². The molecule has 0 bridgehead atoms. The van der Waals surface area contributed by atoms with Gasteiger partial charge in [-0.15, -0.1) is 0 Å². The molecule has 2 aliphatic rings. The summed E-state index contributed by atoms with van der Waals surface area (Å²) in [6, 6.07) is 16.4. The zero-order valence-electron chi connectivity index (χ0n) is 18.7. The number of hydrogen-bond acceptors (Lipinski definition) is 5. The van der Waals surface area contributed by atoms with Crippen molar-refractivity contribution >= 4 is 28.2 Å². The molecule has 1 amide bonds. The molecule has 1 saturated heterocycles. The van der Waals surface area contributed by atoms with Crippen molar-refractivity contribution in [1.82, 2.24) is 20.1 Å². The van der Waals surface area contributed by atoms with Crippen LogP contribution in [0.2, 0.25) is 0 Å². The SMILES string of the molecule is Cc1c(C(=O)N2CCc3cc4ccnc(N5CCNCC5)c4cc32)cnn1-c1ccccc1. The molecule has 33 heavy (non-hydrogen) atoms. The highest BCUT2D eigenvalue weighted by Crippen LogP contribution is 2.36. The molecule has 0 spiro atoms. The molecular weight excluding hydrogens is 412 g/mol. The number of anilines is 2. The van der Waals surface area contributed by atoms with E-state index in [0.717, 1.165) is 60.9 Å². The Morgan fingerprint density at radius 1 is 1.03 bits per heavy atom. The number of piperazine rings is 1. The Morgan fingerprint density at radius 2 is 1.85 bits per heavy atom. The summed E-state index contributed by atoms with van der Waals surface area (Å²) in [7, 11) is 0. The number of benzene rings is 2. The molecule has 0 radical (unpaired) electrons. The molecule has 166 valence electrons. The van der Waals surface area contributed by atoms with E-state index in [1.165, 1.54) is 10.9 Å². The van der Waals surface area contributed by atoms with Gasteiger partial charge in [0, 0.05) is 50.0 Å². The lowest BCUT2D eigenvalue weighted by Gasteiger charge is -2.29. The Hall–Kier alpha value is -3.71. The fourth-order valence-electron chi connectivity index (χ4n) is 4.98. The van der Waals surface area contributed by atoms with Crippen LogP contribution in [0.1, 0.15) is 21.6 Å². The van der Waals surface area contributed by atoms with Crippen LogP contribution in [-0.4, -0.2) is 53.4 Å². The second-order valence-corrected chi connectivity index (χ2v) is 8.67. The number of para-hydroxylation sites is 1. The zero-order valence-corrected chi connectivity index (χ0v) is 18.7. The van der Waals surface area contributed by atoms with Crippen molar-refractivity contribution in [3.8, 4) is 5.69 Å². The Labute approximate surface area is 192 Å². The summed E-state index contributed by atoms with van der Waals surface area (Å²) in [5.41, 5.74) is 4.64. The highest BCUT2D eigenvalue weighted by molar-refractivity contribution is 6.09. The van der Waals surface area contributed by atoms with Crippen molar-refractivity contribution in [2.24, 2.45) is 0 Å². The lowest BCUT2D eigenvalue weighted by atomic mass is 10.1. The number of nitrogens with one attached hydrogen (secondary N) is 1. The Bertz CT molecular complexity index is 1340. The van der Waals surface area contributed by atoms with Crippen molar-refractivity contribution in [2.45, 2.75) is 13.3 Å². The first-order valence-electron chi connectivity index (χ1n) is 11.5. The van der Waals surface area contributed by atoms with Gasteiger partial charge in [0.25, 0.3) is 5.91 Å². The van der Waals surface area contributed by atoms with Gasteiger partial charge >= 0.3 is 0 Å². The van der Waals surface area contributed by atoms with Crippen LogP contribution in [0.4, 0.5) is 11.5 Å². The minimum absolute atomic E-state index is 0.000365. The third kappa shape index (κ3) is 3.36. The maximum Gasteiger partial charge on any atom is 0.261 e. The summed E-state index contributed by atoms with van der Waals surface area (Å²) in [5.74, 6) is 1.00. The molecule has 7 nitrogen and oxygen atoms in total. The summed E-state index contributed by atoms with van der Waals surface area (Å²) >= 11 is 0. The summed E-state index contributed by atoms with van der Waals surface area (Å²) in [6.45, 7) is 6.41. The Kier molecular flexibility index (Phi) is 4.84. The quantitative estimate of drug-likeness (QED) is 0.532. The first-order chi connectivity index (χ1) is 16.2. The molecule has 2 aromatic heterocycles. The van der Waals surface area contributed by atoms with E-state index in [1.807, 2.05) is 53.0 Å². The van der Waals surface area contributed by atoms with E-state index < -0.39 is 0 Å². The maximum absolute atomic E-state index is 13.6. The highest BCUT2D eigenvalue weighted by Gasteiger charge is 2.29. The normalized spacial score (nSPS) is 15.8. The first kappa shape index (κ1) is 19.9. The van der Waals surface area contributed by atoms with Crippen molar-refractivity contribution < 1.29 is 4.79 Å². The van der Waals surface area contributed by atoms with Crippen LogP contribution in [0, 0.1) is 6.92 Å². The average molecular weight is 439 g/mol. The van der Waals surface area contributed by atoms with Crippen molar-refractivity contribution in [3.63, 3.8) is 0 Å². The maximum atomic E-state index is 13.6. The number of aromatic nitrogens is 3.